The number of nitrogens with zero attached hydrogens (tertiary/aromatic N) is 1. The van der Waals surface area contributed by atoms with E-state index in [2.05, 4.69) is 0 Å². The van der Waals surface area contributed by atoms with Crippen molar-refractivity contribution in [2.24, 2.45) is 5.92 Å². The summed E-state index contributed by atoms with van der Waals surface area (Å²) in [5.41, 5.74) is 0.956. The molecule has 0 radical (unpaired) electrons. The number of carbonyl (C=O) groups excluding carboxylic acids is 1. The summed E-state index contributed by atoms with van der Waals surface area (Å²) >= 11 is 5.87. The van der Waals surface area contributed by atoms with Crippen molar-refractivity contribution < 1.29 is 13.2 Å². The molecule has 1 saturated heterocycles. The third-order valence-corrected chi connectivity index (χ3v) is 5.69. The zero-order valence-corrected chi connectivity index (χ0v) is 13.8. The summed E-state index contributed by atoms with van der Waals surface area (Å²) in [6, 6.07) is 7.07. The first-order valence-corrected chi connectivity index (χ1v) is 9.24. The fourth-order valence-electron chi connectivity index (χ4n) is 2.53. The van der Waals surface area contributed by atoms with Crippen molar-refractivity contribution in [1.29, 1.82) is 0 Å². The highest BCUT2D eigenvalue weighted by Crippen LogP contribution is 2.22. The maximum Gasteiger partial charge on any atom is 0.225 e. The second-order valence-corrected chi connectivity index (χ2v) is 8.47. The van der Waals surface area contributed by atoms with Crippen LogP contribution in [0.3, 0.4) is 0 Å². The molecule has 0 aromatic heterocycles. The van der Waals surface area contributed by atoms with Crippen LogP contribution in [0.2, 0.25) is 5.02 Å². The third kappa shape index (κ3) is 4.20. The maximum atomic E-state index is 12.4. The number of hydrogen-bond donors (Lipinski definition) is 0. The van der Waals surface area contributed by atoms with E-state index in [1.807, 2.05) is 26.0 Å². The zero-order chi connectivity index (χ0) is 15.6. The Morgan fingerprint density at radius 3 is 2.43 bits per heavy atom. The summed E-state index contributed by atoms with van der Waals surface area (Å²) < 4.78 is 23.4. The van der Waals surface area contributed by atoms with E-state index in [1.165, 1.54) is 0 Å². The van der Waals surface area contributed by atoms with Crippen molar-refractivity contribution in [2.75, 3.05) is 11.5 Å². The first-order valence-electron chi connectivity index (χ1n) is 7.04. The summed E-state index contributed by atoms with van der Waals surface area (Å²) in [6.07, 6.45) is 0.522. The minimum atomic E-state index is -3.01. The minimum Gasteiger partial charge on any atom is -0.334 e. The van der Waals surface area contributed by atoms with E-state index in [0.29, 0.717) is 18.0 Å². The third-order valence-electron chi connectivity index (χ3n) is 3.69. The minimum absolute atomic E-state index is 0.00736. The standard InChI is InChI=1S/C15H20ClNO3S/c1-11(2)15(18)17(14-7-8-21(19,20)10-14)9-12-3-5-13(16)6-4-12/h3-6,11,14H,7-10H2,1-2H3. The van der Waals surface area contributed by atoms with Crippen LogP contribution in [0, 0.1) is 5.92 Å². The molecule has 21 heavy (non-hydrogen) atoms. The highest BCUT2D eigenvalue weighted by atomic mass is 35.5. The van der Waals surface area contributed by atoms with Gasteiger partial charge in [0, 0.05) is 23.5 Å². The second-order valence-electron chi connectivity index (χ2n) is 5.80. The molecule has 1 unspecified atom stereocenters. The first-order chi connectivity index (χ1) is 9.78. The predicted molar refractivity (Wildman–Crippen MR) is 83.9 cm³/mol. The van der Waals surface area contributed by atoms with Crippen molar-refractivity contribution in [3.05, 3.63) is 34.9 Å². The van der Waals surface area contributed by atoms with E-state index < -0.39 is 9.84 Å². The molecule has 0 spiro atoms. The molecular formula is C15H20ClNO3S. The van der Waals surface area contributed by atoms with Gasteiger partial charge in [0.2, 0.25) is 5.91 Å². The van der Waals surface area contributed by atoms with Crippen LogP contribution in [0.1, 0.15) is 25.8 Å². The van der Waals surface area contributed by atoms with Crippen LogP contribution in [0.25, 0.3) is 0 Å². The molecule has 1 aromatic rings. The van der Waals surface area contributed by atoms with Crippen LogP contribution in [0.15, 0.2) is 24.3 Å². The van der Waals surface area contributed by atoms with E-state index in [1.54, 1.807) is 17.0 Å². The SMILES string of the molecule is CC(C)C(=O)N(Cc1ccc(Cl)cc1)C1CCS(=O)(=O)C1. The summed E-state index contributed by atoms with van der Waals surface area (Å²) in [5.74, 6) is 0.0757. The number of halogens is 1. The van der Waals surface area contributed by atoms with Gasteiger partial charge >= 0.3 is 0 Å². The molecule has 1 fully saturated rings. The molecule has 1 amide bonds. The number of hydrogen-bond acceptors (Lipinski definition) is 3. The number of carbonyl (C=O) groups is 1. The van der Waals surface area contributed by atoms with Crippen LogP contribution in [0.5, 0.6) is 0 Å². The van der Waals surface area contributed by atoms with Crippen LogP contribution >= 0.6 is 11.6 Å². The molecule has 0 aliphatic carbocycles. The van der Waals surface area contributed by atoms with Crippen LogP contribution in [-0.2, 0) is 21.2 Å². The van der Waals surface area contributed by atoms with Crippen molar-refractivity contribution >= 4 is 27.3 Å². The van der Waals surface area contributed by atoms with Crippen molar-refractivity contribution in [2.45, 2.75) is 32.9 Å². The van der Waals surface area contributed by atoms with Gasteiger partial charge in [0.25, 0.3) is 0 Å². The van der Waals surface area contributed by atoms with E-state index in [0.717, 1.165) is 5.56 Å². The molecule has 1 heterocycles. The molecule has 0 bridgehead atoms. The monoisotopic (exact) mass is 329 g/mol. The average molecular weight is 330 g/mol. The fraction of sp³-hybridized carbons (Fsp3) is 0.533. The molecule has 0 saturated carbocycles. The maximum absolute atomic E-state index is 12.4. The van der Waals surface area contributed by atoms with Gasteiger partial charge in [-0.25, -0.2) is 8.42 Å². The van der Waals surface area contributed by atoms with Gasteiger partial charge in [-0.1, -0.05) is 37.6 Å². The van der Waals surface area contributed by atoms with E-state index in [9.17, 15) is 13.2 Å². The highest BCUT2D eigenvalue weighted by molar-refractivity contribution is 7.91. The zero-order valence-electron chi connectivity index (χ0n) is 12.3. The lowest BCUT2D eigenvalue weighted by Crippen LogP contribution is -2.42. The largest absolute Gasteiger partial charge is 0.334 e. The van der Waals surface area contributed by atoms with E-state index in [4.69, 9.17) is 11.6 Å². The lowest BCUT2D eigenvalue weighted by atomic mass is 10.1. The van der Waals surface area contributed by atoms with Gasteiger partial charge in [-0.15, -0.1) is 0 Å². The van der Waals surface area contributed by atoms with Gasteiger partial charge in [-0.3, -0.25) is 4.79 Å². The molecule has 1 aliphatic rings. The van der Waals surface area contributed by atoms with Crippen molar-refractivity contribution in [3.63, 3.8) is 0 Å². The fourth-order valence-corrected chi connectivity index (χ4v) is 4.38. The van der Waals surface area contributed by atoms with Gasteiger partial charge in [0.1, 0.15) is 0 Å². The van der Waals surface area contributed by atoms with Crippen LogP contribution < -0.4 is 0 Å². The van der Waals surface area contributed by atoms with Crippen molar-refractivity contribution in [1.82, 2.24) is 4.90 Å². The lowest BCUT2D eigenvalue weighted by molar-refractivity contribution is -0.137. The van der Waals surface area contributed by atoms with E-state index >= 15 is 0 Å². The smallest absolute Gasteiger partial charge is 0.225 e. The van der Waals surface area contributed by atoms with Gasteiger partial charge in [-0.2, -0.15) is 0 Å². The topological polar surface area (TPSA) is 54.5 Å². The number of sulfone groups is 1. The van der Waals surface area contributed by atoms with Crippen LogP contribution in [0.4, 0.5) is 0 Å². The van der Waals surface area contributed by atoms with Gasteiger partial charge in [0.05, 0.1) is 11.5 Å². The summed E-state index contributed by atoms with van der Waals surface area (Å²) in [6.45, 7) is 4.09. The van der Waals surface area contributed by atoms with Crippen molar-refractivity contribution in [3.8, 4) is 0 Å². The Hall–Kier alpha value is -1.07. The summed E-state index contributed by atoms with van der Waals surface area (Å²) in [5, 5.41) is 0.643. The Morgan fingerprint density at radius 1 is 1.33 bits per heavy atom. The Labute approximate surface area is 131 Å². The number of rotatable bonds is 4. The number of amides is 1. The summed E-state index contributed by atoms with van der Waals surface area (Å²) in [7, 11) is -3.01. The average Bonchev–Trinajstić information content (AvgIpc) is 2.77. The molecule has 4 nitrogen and oxygen atoms in total. The first kappa shape index (κ1) is 16.3. The number of benzene rings is 1. The van der Waals surface area contributed by atoms with E-state index in [-0.39, 0.29) is 29.4 Å². The molecule has 1 atom stereocenters. The lowest BCUT2D eigenvalue weighted by Gasteiger charge is -2.30. The molecule has 0 N–H and O–H groups in total. The molecule has 6 heteroatoms. The predicted octanol–water partition coefficient (Wildman–Crippen LogP) is 2.51. The molecular weight excluding hydrogens is 310 g/mol. The Morgan fingerprint density at radius 2 is 1.95 bits per heavy atom. The van der Waals surface area contributed by atoms with Gasteiger partial charge in [0.15, 0.2) is 9.84 Å². The normalized spacial score (nSPS) is 20.7. The van der Waals surface area contributed by atoms with Gasteiger partial charge < -0.3 is 4.90 Å². The molecule has 2 rings (SSSR count). The Bertz CT molecular complexity index is 610. The second kappa shape index (κ2) is 6.36. The van der Waals surface area contributed by atoms with Gasteiger partial charge in [-0.05, 0) is 24.1 Å². The quantitative estimate of drug-likeness (QED) is 0.853. The molecule has 116 valence electrons. The summed E-state index contributed by atoms with van der Waals surface area (Å²) in [4.78, 5) is 14.1. The Kier molecular flexibility index (Phi) is 4.94. The Balaban J connectivity index is 2.20. The molecule has 1 aromatic carbocycles. The molecule has 1 aliphatic heterocycles. The van der Waals surface area contributed by atoms with Crippen LogP contribution in [-0.4, -0.2) is 36.8 Å². The highest BCUT2D eigenvalue weighted by Gasteiger charge is 2.35.